The highest BCUT2D eigenvalue weighted by Crippen LogP contribution is 2.29. The first kappa shape index (κ1) is 14.0. The third kappa shape index (κ3) is 2.75. The number of aromatic amines is 1. The predicted molar refractivity (Wildman–Crippen MR) is 87.5 cm³/mol. The van der Waals surface area contributed by atoms with Crippen molar-refractivity contribution in [3.63, 3.8) is 0 Å². The summed E-state index contributed by atoms with van der Waals surface area (Å²) in [5, 5.41) is 4.77. The Morgan fingerprint density at radius 2 is 1.86 bits per heavy atom. The minimum Gasteiger partial charge on any atom is -0.351 e. The zero-order valence-electron chi connectivity index (χ0n) is 11.2. The Labute approximate surface area is 131 Å². The van der Waals surface area contributed by atoms with Crippen molar-refractivity contribution in [2.75, 3.05) is 5.32 Å². The molecule has 3 rings (SSSR count). The zero-order valence-corrected chi connectivity index (χ0v) is 12.7. The fourth-order valence-electron chi connectivity index (χ4n) is 2.13. The molecule has 0 aliphatic rings. The van der Waals surface area contributed by atoms with Gasteiger partial charge in [0.15, 0.2) is 0 Å². The van der Waals surface area contributed by atoms with Gasteiger partial charge in [-0.25, -0.2) is 0 Å². The van der Waals surface area contributed by atoms with Crippen LogP contribution in [-0.2, 0) is 0 Å². The van der Waals surface area contributed by atoms with Gasteiger partial charge in [-0.05, 0) is 36.8 Å². The van der Waals surface area contributed by atoms with Crippen LogP contribution in [0, 0.1) is 6.92 Å². The molecule has 0 spiro atoms. The molecule has 0 atom stereocenters. The van der Waals surface area contributed by atoms with Crippen LogP contribution in [0.25, 0.3) is 10.9 Å². The van der Waals surface area contributed by atoms with E-state index in [4.69, 9.17) is 23.2 Å². The number of carbonyl (C=O) groups excluding carboxylic acids is 1. The molecule has 1 aromatic heterocycles. The summed E-state index contributed by atoms with van der Waals surface area (Å²) in [6.07, 6.45) is 0. The molecule has 0 unspecified atom stereocenters. The van der Waals surface area contributed by atoms with Crippen molar-refractivity contribution in [1.29, 1.82) is 0 Å². The highest BCUT2D eigenvalue weighted by Gasteiger charge is 2.12. The SMILES string of the molecule is Cc1cc(Cl)c(NC(=O)c2cc3ccccc3[nH]2)cc1Cl. The van der Waals surface area contributed by atoms with Crippen molar-refractivity contribution in [1.82, 2.24) is 4.98 Å². The zero-order chi connectivity index (χ0) is 15.0. The molecule has 0 fully saturated rings. The first-order valence-electron chi connectivity index (χ1n) is 6.39. The molecule has 5 heteroatoms. The average Bonchev–Trinajstić information content (AvgIpc) is 2.88. The van der Waals surface area contributed by atoms with E-state index in [-0.39, 0.29) is 5.91 Å². The Hall–Kier alpha value is -1.97. The molecule has 2 N–H and O–H groups in total. The first-order chi connectivity index (χ1) is 10.0. The lowest BCUT2D eigenvalue weighted by Crippen LogP contribution is -2.12. The maximum absolute atomic E-state index is 12.3. The van der Waals surface area contributed by atoms with E-state index < -0.39 is 0 Å². The monoisotopic (exact) mass is 318 g/mol. The predicted octanol–water partition coefficient (Wildman–Crippen LogP) is 5.04. The fraction of sp³-hybridized carbons (Fsp3) is 0.0625. The summed E-state index contributed by atoms with van der Waals surface area (Å²) in [5.74, 6) is -0.256. The van der Waals surface area contributed by atoms with Gasteiger partial charge in [-0.15, -0.1) is 0 Å². The highest BCUT2D eigenvalue weighted by atomic mass is 35.5. The Bertz CT molecular complexity index is 806. The molecule has 0 saturated carbocycles. The molecule has 0 aliphatic heterocycles. The summed E-state index contributed by atoms with van der Waals surface area (Å²) in [5.41, 5.74) is 2.75. The maximum Gasteiger partial charge on any atom is 0.272 e. The van der Waals surface area contributed by atoms with Crippen molar-refractivity contribution in [3.05, 3.63) is 63.8 Å². The third-order valence-electron chi connectivity index (χ3n) is 3.27. The summed E-state index contributed by atoms with van der Waals surface area (Å²) in [6, 6.07) is 12.9. The van der Waals surface area contributed by atoms with Gasteiger partial charge in [0.25, 0.3) is 5.91 Å². The van der Waals surface area contributed by atoms with Gasteiger partial charge < -0.3 is 10.3 Å². The van der Waals surface area contributed by atoms with Crippen LogP contribution in [-0.4, -0.2) is 10.9 Å². The molecule has 2 aromatic carbocycles. The van der Waals surface area contributed by atoms with Crippen LogP contribution in [0.3, 0.4) is 0 Å². The van der Waals surface area contributed by atoms with Gasteiger partial charge in [0, 0.05) is 15.9 Å². The molecule has 106 valence electrons. The quantitative estimate of drug-likeness (QED) is 0.683. The summed E-state index contributed by atoms with van der Waals surface area (Å²) < 4.78 is 0. The normalized spacial score (nSPS) is 10.8. The molecule has 0 saturated heterocycles. The number of anilines is 1. The van der Waals surface area contributed by atoms with Crippen LogP contribution in [0.2, 0.25) is 10.0 Å². The van der Waals surface area contributed by atoms with Crippen LogP contribution in [0.15, 0.2) is 42.5 Å². The number of amides is 1. The van der Waals surface area contributed by atoms with Crippen molar-refractivity contribution in [3.8, 4) is 0 Å². The second-order valence-electron chi connectivity index (χ2n) is 4.81. The van der Waals surface area contributed by atoms with E-state index in [2.05, 4.69) is 10.3 Å². The summed E-state index contributed by atoms with van der Waals surface area (Å²) in [7, 11) is 0. The minimum atomic E-state index is -0.256. The molecule has 0 radical (unpaired) electrons. The average molecular weight is 319 g/mol. The van der Waals surface area contributed by atoms with E-state index in [0.29, 0.717) is 21.4 Å². The number of fused-ring (bicyclic) bond motifs is 1. The second kappa shape index (κ2) is 5.43. The number of aryl methyl sites for hydroxylation is 1. The van der Waals surface area contributed by atoms with Crippen molar-refractivity contribution >= 4 is 45.7 Å². The first-order valence-corrected chi connectivity index (χ1v) is 7.15. The number of para-hydroxylation sites is 1. The standard InChI is InChI=1S/C16H12Cl2N2O/c1-9-6-12(18)14(8-11(9)17)20-16(21)15-7-10-4-2-3-5-13(10)19-15/h2-8,19H,1H3,(H,20,21). The molecule has 3 nitrogen and oxygen atoms in total. The van der Waals surface area contributed by atoms with Crippen molar-refractivity contribution in [2.24, 2.45) is 0 Å². The Morgan fingerprint density at radius 3 is 2.62 bits per heavy atom. The van der Waals surface area contributed by atoms with Gasteiger partial charge in [0.05, 0.1) is 10.7 Å². The van der Waals surface area contributed by atoms with Gasteiger partial charge >= 0.3 is 0 Å². The molecule has 3 aromatic rings. The second-order valence-corrected chi connectivity index (χ2v) is 5.62. The largest absolute Gasteiger partial charge is 0.351 e. The van der Waals surface area contributed by atoms with Gasteiger partial charge in [-0.1, -0.05) is 41.4 Å². The number of halogens is 2. The maximum atomic E-state index is 12.3. The molecule has 1 heterocycles. The van der Waals surface area contributed by atoms with Gasteiger partial charge in [0.2, 0.25) is 0 Å². The van der Waals surface area contributed by atoms with E-state index in [1.54, 1.807) is 18.2 Å². The smallest absolute Gasteiger partial charge is 0.272 e. The Kier molecular flexibility index (Phi) is 3.62. The summed E-state index contributed by atoms with van der Waals surface area (Å²) in [4.78, 5) is 15.4. The van der Waals surface area contributed by atoms with Crippen LogP contribution < -0.4 is 5.32 Å². The molecule has 0 aliphatic carbocycles. The number of H-pyrrole nitrogens is 1. The number of rotatable bonds is 2. The number of aromatic nitrogens is 1. The summed E-state index contributed by atoms with van der Waals surface area (Å²) in [6.45, 7) is 1.86. The molecular formula is C16H12Cl2N2O. The third-order valence-corrected chi connectivity index (χ3v) is 3.99. The lowest BCUT2D eigenvalue weighted by atomic mass is 10.2. The van der Waals surface area contributed by atoms with E-state index >= 15 is 0 Å². The highest BCUT2D eigenvalue weighted by molar-refractivity contribution is 6.36. The van der Waals surface area contributed by atoms with Gasteiger partial charge in [-0.3, -0.25) is 4.79 Å². The fourth-order valence-corrected chi connectivity index (χ4v) is 2.56. The Balaban J connectivity index is 1.91. The van der Waals surface area contributed by atoms with E-state index in [1.165, 1.54) is 0 Å². The van der Waals surface area contributed by atoms with Gasteiger partial charge in [-0.2, -0.15) is 0 Å². The topological polar surface area (TPSA) is 44.9 Å². The minimum absolute atomic E-state index is 0.256. The molecule has 0 bridgehead atoms. The van der Waals surface area contributed by atoms with Crippen molar-refractivity contribution < 1.29 is 4.79 Å². The lowest BCUT2D eigenvalue weighted by molar-refractivity contribution is 0.102. The number of hydrogen-bond donors (Lipinski definition) is 2. The lowest BCUT2D eigenvalue weighted by Gasteiger charge is -2.08. The number of benzene rings is 2. The number of nitrogens with one attached hydrogen (secondary N) is 2. The van der Waals surface area contributed by atoms with Crippen LogP contribution >= 0.6 is 23.2 Å². The van der Waals surface area contributed by atoms with Crippen LogP contribution in [0.5, 0.6) is 0 Å². The van der Waals surface area contributed by atoms with E-state index in [0.717, 1.165) is 16.5 Å². The Morgan fingerprint density at radius 1 is 1.10 bits per heavy atom. The van der Waals surface area contributed by atoms with Crippen LogP contribution in [0.4, 0.5) is 5.69 Å². The molecule has 1 amide bonds. The van der Waals surface area contributed by atoms with E-state index in [1.807, 2.05) is 31.2 Å². The number of hydrogen-bond acceptors (Lipinski definition) is 1. The molecule has 21 heavy (non-hydrogen) atoms. The molecular weight excluding hydrogens is 307 g/mol. The van der Waals surface area contributed by atoms with Gasteiger partial charge in [0.1, 0.15) is 5.69 Å². The van der Waals surface area contributed by atoms with E-state index in [9.17, 15) is 4.79 Å². The van der Waals surface area contributed by atoms with Crippen LogP contribution in [0.1, 0.15) is 16.1 Å². The summed E-state index contributed by atoms with van der Waals surface area (Å²) >= 11 is 12.2. The number of carbonyl (C=O) groups is 1. The van der Waals surface area contributed by atoms with Crippen molar-refractivity contribution in [2.45, 2.75) is 6.92 Å².